The number of unbranched alkanes of at least 4 members (excludes halogenated alkanes) is 14. The Morgan fingerprint density at radius 3 is 1.83 bits per heavy atom. The van der Waals surface area contributed by atoms with Crippen molar-refractivity contribution in [1.82, 2.24) is 5.32 Å². The summed E-state index contributed by atoms with van der Waals surface area (Å²) < 4.78 is 4.87. The average Bonchev–Trinajstić information content (AvgIpc) is 2.72. The number of allylic oxidation sites excluding steroid dienone is 2. The highest BCUT2D eigenvalue weighted by Gasteiger charge is 2.01. The Balaban J connectivity index is 3.20. The van der Waals surface area contributed by atoms with Crippen LogP contribution in [0.1, 0.15) is 129 Å². The summed E-state index contributed by atoms with van der Waals surface area (Å²) in [5.41, 5.74) is 0. The van der Waals surface area contributed by atoms with Crippen LogP contribution in [0.2, 0.25) is 0 Å². The maximum absolute atomic E-state index is 11.7. The van der Waals surface area contributed by atoms with Crippen molar-refractivity contribution in [2.75, 3.05) is 13.2 Å². The quantitative estimate of drug-likeness (QED) is 0.113. The van der Waals surface area contributed by atoms with Crippen molar-refractivity contribution >= 4 is 11.9 Å². The molecule has 0 spiro atoms. The van der Waals surface area contributed by atoms with Crippen LogP contribution in [-0.2, 0) is 14.3 Å². The van der Waals surface area contributed by atoms with Crippen LogP contribution >= 0.6 is 0 Å². The molecule has 0 unspecified atom stereocenters. The first-order valence-corrected chi connectivity index (χ1v) is 12.7. The third-order valence-corrected chi connectivity index (χ3v) is 5.36. The number of esters is 1. The summed E-state index contributed by atoms with van der Waals surface area (Å²) in [7, 11) is 0. The van der Waals surface area contributed by atoms with Crippen LogP contribution in [0.4, 0.5) is 0 Å². The molecule has 0 aromatic heterocycles. The molecule has 1 amide bonds. The lowest BCUT2D eigenvalue weighted by Crippen LogP contribution is -2.23. The van der Waals surface area contributed by atoms with Gasteiger partial charge in [-0.15, -0.1) is 0 Å². The van der Waals surface area contributed by atoms with E-state index in [-0.39, 0.29) is 11.9 Å². The summed E-state index contributed by atoms with van der Waals surface area (Å²) in [5, 5.41) is 3.01. The Morgan fingerprint density at radius 1 is 0.700 bits per heavy atom. The normalized spacial score (nSPS) is 11.1. The van der Waals surface area contributed by atoms with E-state index in [1.165, 1.54) is 90.4 Å². The molecule has 4 heteroatoms. The summed E-state index contributed by atoms with van der Waals surface area (Å²) in [6.07, 6.45) is 26.2. The number of hydrogen-bond donors (Lipinski definition) is 1. The molecule has 0 saturated heterocycles. The van der Waals surface area contributed by atoms with Gasteiger partial charge >= 0.3 is 5.97 Å². The Bertz CT molecular complexity index is 421. The molecule has 0 saturated carbocycles. The lowest BCUT2D eigenvalue weighted by Gasteiger charge is -2.05. The molecule has 4 nitrogen and oxygen atoms in total. The average molecular weight is 424 g/mol. The van der Waals surface area contributed by atoms with Gasteiger partial charge in [0.15, 0.2) is 0 Å². The zero-order valence-corrected chi connectivity index (χ0v) is 20.0. The number of ether oxygens (including phenoxy) is 1. The monoisotopic (exact) mass is 423 g/mol. The molecule has 1 N–H and O–H groups in total. The Labute approximate surface area is 186 Å². The molecule has 0 aromatic carbocycles. The van der Waals surface area contributed by atoms with Gasteiger partial charge in [-0.3, -0.25) is 9.59 Å². The van der Waals surface area contributed by atoms with E-state index in [9.17, 15) is 9.59 Å². The van der Waals surface area contributed by atoms with Gasteiger partial charge in [0, 0.05) is 19.9 Å². The van der Waals surface area contributed by atoms with Gasteiger partial charge in [-0.1, -0.05) is 76.9 Å². The molecule has 0 fully saturated rings. The zero-order valence-electron chi connectivity index (χ0n) is 20.0. The molecule has 0 aliphatic rings. The number of nitrogens with one attached hydrogen (secondary N) is 1. The maximum atomic E-state index is 11.7. The SMILES string of the molecule is CCCCCCCC/C=C\CCCCCCCCNC(=O)CCCCCOC(C)=O. The molecule has 0 bridgehead atoms. The van der Waals surface area contributed by atoms with Crippen LogP contribution in [0.5, 0.6) is 0 Å². The number of hydrogen-bond acceptors (Lipinski definition) is 3. The van der Waals surface area contributed by atoms with Gasteiger partial charge in [0.2, 0.25) is 5.91 Å². The van der Waals surface area contributed by atoms with Crippen LogP contribution < -0.4 is 5.32 Å². The van der Waals surface area contributed by atoms with Gasteiger partial charge in [0.25, 0.3) is 0 Å². The first-order valence-electron chi connectivity index (χ1n) is 12.7. The predicted octanol–water partition coefficient (Wildman–Crippen LogP) is 7.26. The van der Waals surface area contributed by atoms with E-state index in [0.717, 1.165) is 32.2 Å². The lowest BCUT2D eigenvalue weighted by atomic mass is 10.1. The lowest BCUT2D eigenvalue weighted by molar-refractivity contribution is -0.141. The topological polar surface area (TPSA) is 55.4 Å². The van der Waals surface area contributed by atoms with E-state index in [2.05, 4.69) is 24.4 Å². The number of carbonyl (C=O) groups is 2. The van der Waals surface area contributed by atoms with Gasteiger partial charge in [-0.25, -0.2) is 0 Å². The van der Waals surface area contributed by atoms with E-state index in [0.29, 0.717) is 13.0 Å². The summed E-state index contributed by atoms with van der Waals surface area (Å²) in [5.74, 6) is -0.0846. The van der Waals surface area contributed by atoms with E-state index in [4.69, 9.17) is 4.74 Å². The Hall–Kier alpha value is -1.32. The summed E-state index contributed by atoms with van der Waals surface area (Å²) in [4.78, 5) is 22.4. The molecule has 0 aliphatic carbocycles. The number of amides is 1. The zero-order chi connectivity index (χ0) is 22.1. The molecular formula is C26H49NO3. The van der Waals surface area contributed by atoms with Gasteiger partial charge < -0.3 is 10.1 Å². The minimum Gasteiger partial charge on any atom is -0.466 e. The molecular weight excluding hydrogens is 374 g/mol. The second-order valence-corrected chi connectivity index (χ2v) is 8.44. The third-order valence-electron chi connectivity index (χ3n) is 5.36. The molecule has 0 aliphatic heterocycles. The summed E-state index contributed by atoms with van der Waals surface area (Å²) in [6.45, 7) is 4.95. The van der Waals surface area contributed by atoms with E-state index in [1.807, 2.05) is 0 Å². The molecule has 30 heavy (non-hydrogen) atoms. The van der Waals surface area contributed by atoms with Crippen LogP contribution in [0.3, 0.4) is 0 Å². The van der Waals surface area contributed by atoms with Gasteiger partial charge in [-0.2, -0.15) is 0 Å². The van der Waals surface area contributed by atoms with Gasteiger partial charge in [0.1, 0.15) is 0 Å². The highest BCUT2D eigenvalue weighted by Crippen LogP contribution is 2.10. The van der Waals surface area contributed by atoms with E-state index >= 15 is 0 Å². The summed E-state index contributed by atoms with van der Waals surface area (Å²) in [6, 6.07) is 0. The van der Waals surface area contributed by atoms with Crippen molar-refractivity contribution in [3.63, 3.8) is 0 Å². The highest BCUT2D eigenvalue weighted by molar-refractivity contribution is 5.75. The first kappa shape index (κ1) is 28.7. The third kappa shape index (κ3) is 24.7. The fraction of sp³-hybridized carbons (Fsp3) is 0.846. The minimum atomic E-state index is -0.233. The minimum absolute atomic E-state index is 0.148. The summed E-state index contributed by atoms with van der Waals surface area (Å²) >= 11 is 0. The maximum Gasteiger partial charge on any atom is 0.302 e. The van der Waals surface area contributed by atoms with Crippen LogP contribution in [-0.4, -0.2) is 25.0 Å². The smallest absolute Gasteiger partial charge is 0.302 e. The van der Waals surface area contributed by atoms with E-state index in [1.54, 1.807) is 0 Å². The largest absolute Gasteiger partial charge is 0.466 e. The first-order chi connectivity index (χ1) is 14.7. The van der Waals surface area contributed by atoms with Crippen LogP contribution in [0, 0.1) is 0 Å². The Kier molecular flexibility index (Phi) is 22.9. The molecule has 0 aromatic rings. The van der Waals surface area contributed by atoms with E-state index < -0.39 is 0 Å². The van der Waals surface area contributed by atoms with Gasteiger partial charge in [-0.05, 0) is 51.4 Å². The predicted molar refractivity (Wildman–Crippen MR) is 128 cm³/mol. The van der Waals surface area contributed by atoms with Gasteiger partial charge in [0.05, 0.1) is 6.61 Å². The highest BCUT2D eigenvalue weighted by atomic mass is 16.5. The van der Waals surface area contributed by atoms with Crippen molar-refractivity contribution in [3.05, 3.63) is 12.2 Å². The second kappa shape index (κ2) is 24.0. The van der Waals surface area contributed by atoms with Crippen molar-refractivity contribution in [2.45, 2.75) is 129 Å². The fourth-order valence-electron chi connectivity index (χ4n) is 3.47. The van der Waals surface area contributed by atoms with Crippen molar-refractivity contribution in [1.29, 1.82) is 0 Å². The molecule has 0 heterocycles. The molecule has 176 valence electrons. The molecule has 0 rings (SSSR count). The Morgan fingerprint density at radius 2 is 1.23 bits per heavy atom. The second-order valence-electron chi connectivity index (χ2n) is 8.44. The van der Waals surface area contributed by atoms with Crippen LogP contribution in [0.25, 0.3) is 0 Å². The number of carbonyl (C=O) groups excluding carboxylic acids is 2. The molecule has 0 radical (unpaired) electrons. The van der Waals surface area contributed by atoms with Crippen molar-refractivity contribution < 1.29 is 14.3 Å². The standard InChI is InChI=1S/C26H49NO3/c1-3-4-5-6-7-8-9-10-11-12-13-14-15-16-17-20-23-27-26(29)22-19-18-21-24-30-25(2)28/h10-11H,3-9,12-24H2,1-2H3,(H,27,29)/b11-10-. The van der Waals surface area contributed by atoms with Crippen molar-refractivity contribution in [3.8, 4) is 0 Å². The number of rotatable bonds is 22. The van der Waals surface area contributed by atoms with Crippen molar-refractivity contribution in [2.24, 2.45) is 0 Å². The molecule has 0 atom stereocenters. The fourth-order valence-corrected chi connectivity index (χ4v) is 3.47. The van der Waals surface area contributed by atoms with Crippen LogP contribution in [0.15, 0.2) is 12.2 Å².